The Morgan fingerprint density at radius 3 is 2.56 bits per heavy atom. The molecule has 0 unspecified atom stereocenters. The van der Waals surface area contributed by atoms with Gasteiger partial charge < -0.3 is 14.2 Å². The van der Waals surface area contributed by atoms with Gasteiger partial charge in [-0.1, -0.05) is 19.9 Å². The zero-order valence-electron chi connectivity index (χ0n) is 16.0. The quantitative estimate of drug-likeness (QED) is 0.870. The molecule has 0 atom stereocenters. The molecule has 1 aliphatic heterocycles. The third-order valence-electron chi connectivity index (χ3n) is 5.33. The van der Waals surface area contributed by atoms with E-state index in [2.05, 4.69) is 4.98 Å². The van der Waals surface area contributed by atoms with Crippen LogP contribution in [0.1, 0.15) is 38.7 Å². The van der Waals surface area contributed by atoms with E-state index in [9.17, 15) is 14.4 Å². The number of amides is 2. The monoisotopic (exact) mass is 373 g/mol. The Morgan fingerprint density at radius 2 is 1.81 bits per heavy atom. The number of rotatable bonds is 5. The maximum absolute atomic E-state index is 12.7. The van der Waals surface area contributed by atoms with Crippen LogP contribution in [0.3, 0.4) is 0 Å². The van der Waals surface area contributed by atoms with Gasteiger partial charge in [-0.05, 0) is 37.0 Å². The van der Waals surface area contributed by atoms with Crippen LogP contribution in [0.25, 0.3) is 11.1 Å². The molecule has 3 rings (SSSR count). The molecule has 1 aromatic heterocycles. The van der Waals surface area contributed by atoms with E-state index >= 15 is 0 Å². The van der Waals surface area contributed by atoms with Crippen LogP contribution in [0.4, 0.5) is 0 Å². The standard InChI is InChI=1S/C20H27N3O4/c1-3-15(4-2)19(25)23-9-5-8-22(10-11-23)18(24)13-14-6-7-17-16(12-14)21-20(26)27-17/h6-7,12,15H,3-5,8-11,13H2,1-2H3,(H,21,26). The number of hydrogen-bond acceptors (Lipinski definition) is 4. The number of aromatic amines is 1. The first-order chi connectivity index (χ1) is 13.0. The highest BCUT2D eigenvalue weighted by Crippen LogP contribution is 2.16. The Bertz CT molecular complexity index is 865. The summed E-state index contributed by atoms with van der Waals surface area (Å²) in [5.74, 6) is -0.167. The van der Waals surface area contributed by atoms with E-state index in [0.29, 0.717) is 37.3 Å². The Labute approximate surface area is 158 Å². The first-order valence-corrected chi connectivity index (χ1v) is 9.70. The van der Waals surface area contributed by atoms with E-state index in [1.54, 1.807) is 18.2 Å². The third kappa shape index (κ3) is 4.40. The van der Waals surface area contributed by atoms with Crippen LogP contribution in [0.15, 0.2) is 27.4 Å². The first kappa shape index (κ1) is 19.2. The molecule has 1 N–H and O–H groups in total. The Morgan fingerprint density at radius 1 is 1.11 bits per heavy atom. The normalized spacial score (nSPS) is 15.4. The summed E-state index contributed by atoms with van der Waals surface area (Å²) in [4.78, 5) is 42.9. The molecule has 27 heavy (non-hydrogen) atoms. The number of carbonyl (C=O) groups is 2. The zero-order chi connectivity index (χ0) is 19.4. The van der Waals surface area contributed by atoms with Crippen molar-refractivity contribution in [1.29, 1.82) is 0 Å². The van der Waals surface area contributed by atoms with Gasteiger partial charge in [-0.25, -0.2) is 4.79 Å². The fourth-order valence-electron chi connectivity index (χ4n) is 3.68. The van der Waals surface area contributed by atoms with Gasteiger partial charge in [0.15, 0.2) is 5.58 Å². The summed E-state index contributed by atoms with van der Waals surface area (Å²) in [6.07, 6.45) is 2.77. The van der Waals surface area contributed by atoms with Crippen molar-refractivity contribution in [2.24, 2.45) is 5.92 Å². The smallest absolute Gasteiger partial charge is 0.408 e. The Balaban J connectivity index is 1.61. The topological polar surface area (TPSA) is 86.6 Å². The van der Waals surface area contributed by atoms with Crippen LogP contribution in [-0.4, -0.2) is 52.8 Å². The van der Waals surface area contributed by atoms with Gasteiger partial charge in [0.25, 0.3) is 0 Å². The van der Waals surface area contributed by atoms with Gasteiger partial charge in [0.1, 0.15) is 0 Å². The van der Waals surface area contributed by atoms with Crippen molar-refractivity contribution in [3.05, 3.63) is 34.3 Å². The highest BCUT2D eigenvalue weighted by Gasteiger charge is 2.25. The van der Waals surface area contributed by atoms with E-state index in [4.69, 9.17) is 4.42 Å². The first-order valence-electron chi connectivity index (χ1n) is 9.70. The zero-order valence-corrected chi connectivity index (χ0v) is 16.0. The number of nitrogens with one attached hydrogen (secondary N) is 1. The van der Waals surface area contributed by atoms with Gasteiger partial charge in [-0.15, -0.1) is 0 Å². The number of benzene rings is 1. The minimum Gasteiger partial charge on any atom is -0.408 e. The average Bonchev–Trinajstić information content (AvgIpc) is 2.86. The molecule has 2 aromatic rings. The van der Waals surface area contributed by atoms with Crippen LogP contribution in [0.5, 0.6) is 0 Å². The van der Waals surface area contributed by atoms with Crippen LogP contribution < -0.4 is 5.76 Å². The van der Waals surface area contributed by atoms with E-state index in [-0.39, 0.29) is 24.2 Å². The molecule has 7 nitrogen and oxygen atoms in total. The van der Waals surface area contributed by atoms with Crippen LogP contribution in [-0.2, 0) is 16.0 Å². The number of hydrogen-bond donors (Lipinski definition) is 1. The van der Waals surface area contributed by atoms with Crippen LogP contribution >= 0.6 is 0 Å². The van der Waals surface area contributed by atoms with Gasteiger partial charge in [0.2, 0.25) is 11.8 Å². The highest BCUT2D eigenvalue weighted by atomic mass is 16.4. The van der Waals surface area contributed by atoms with Gasteiger partial charge >= 0.3 is 5.76 Å². The summed E-state index contributed by atoms with van der Waals surface area (Å²) in [6, 6.07) is 5.28. The lowest BCUT2D eigenvalue weighted by Crippen LogP contribution is -2.40. The predicted molar refractivity (Wildman–Crippen MR) is 102 cm³/mol. The van der Waals surface area contributed by atoms with Crippen molar-refractivity contribution >= 4 is 22.9 Å². The molecule has 1 saturated heterocycles. The molecule has 1 aliphatic rings. The second-order valence-electron chi connectivity index (χ2n) is 7.09. The molecule has 2 heterocycles. The Hall–Kier alpha value is -2.57. The molecule has 1 aromatic carbocycles. The molecule has 7 heteroatoms. The van der Waals surface area contributed by atoms with E-state index in [1.165, 1.54) is 0 Å². The molecule has 1 fully saturated rings. The number of aromatic nitrogens is 1. The lowest BCUT2D eigenvalue weighted by molar-refractivity contribution is -0.136. The summed E-state index contributed by atoms with van der Waals surface area (Å²) < 4.78 is 4.99. The maximum atomic E-state index is 12.7. The minimum absolute atomic E-state index is 0.0389. The van der Waals surface area contributed by atoms with Crippen molar-refractivity contribution in [3.8, 4) is 0 Å². The van der Waals surface area contributed by atoms with Crippen LogP contribution in [0.2, 0.25) is 0 Å². The van der Waals surface area contributed by atoms with Crippen LogP contribution in [0, 0.1) is 5.92 Å². The second kappa shape index (κ2) is 8.41. The fraction of sp³-hybridized carbons (Fsp3) is 0.550. The van der Waals surface area contributed by atoms with Crippen molar-refractivity contribution in [2.75, 3.05) is 26.2 Å². The van der Waals surface area contributed by atoms with Gasteiger partial charge in [-0.2, -0.15) is 0 Å². The summed E-state index contributed by atoms with van der Waals surface area (Å²) in [7, 11) is 0. The molecular weight excluding hydrogens is 346 g/mol. The predicted octanol–water partition coefficient (Wildman–Crippen LogP) is 2.16. The minimum atomic E-state index is -0.497. The number of carbonyl (C=O) groups excluding carboxylic acids is 2. The summed E-state index contributed by atoms with van der Waals surface area (Å²) in [6.45, 7) is 6.62. The van der Waals surface area contributed by atoms with Gasteiger partial charge in [-0.3, -0.25) is 14.6 Å². The van der Waals surface area contributed by atoms with Crippen molar-refractivity contribution in [3.63, 3.8) is 0 Å². The number of fused-ring (bicyclic) bond motifs is 1. The highest BCUT2D eigenvalue weighted by molar-refractivity contribution is 5.82. The summed E-state index contributed by atoms with van der Waals surface area (Å²) in [5.41, 5.74) is 1.92. The van der Waals surface area contributed by atoms with Crippen molar-refractivity contribution in [1.82, 2.24) is 14.8 Å². The molecule has 0 spiro atoms. The average molecular weight is 373 g/mol. The molecular formula is C20H27N3O4. The third-order valence-corrected chi connectivity index (χ3v) is 5.33. The Kier molecular flexibility index (Phi) is 5.98. The number of nitrogens with zero attached hydrogens (tertiary/aromatic N) is 2. The van der Waals surface area contributed by atoms with Gasteiger partial charge in [0.05, 0.1) is 11.9 Å². The summed E-state index contributed by atoms with van der Waals surface area (Å²) in [5, 5.41) is 0. The van der Waals surface area contributed by atoms with E-state index < -0.39 is 5.76 Å². The van der Waals surface area contributed by atoms with E-state index in [0.717, 1.165) is 24.8 Å². The van der Waals surface area contributed by atoms with Crippen molar-refractivity contribution < 1.29 is 14.0 Å². The molecule has 146 valence electrons. The fourth-order valence-corrected chi connectivity index (χ4v) is 3.68. The lowest BCUT2D eigenvalue weighted by Gasteiger charge is -2.25. The van der Waals surface area contributed by atoms with Gasteiger partial charge in [0, 0.05) is 32.1 Å². The molecule has 0 aliphatic carbocycles. The molecule has 0 bridgehead atoms. The number of oxazole rings is 1. The summed E-state index contributed by atoms with van der Waals surface area (Å²) >= 11 is 0. The molecule has 2 amide bonds. The number of H-pyrrole nitrogens is 1. The van der Waals surface area contributed by atoms with Crippen molar-refractivity contribution in [2.45, 2.75) is 39.5 Å². The lowest BCUT2D eigenvalue weighted by atomic mass is 10.0. The largest absolute Gasteiger partial charge is 0.417 e. The molecule has 0 radical (unpaired) electrons. The molecule has 0 saturated carbocycles. The second-order valence-corrected chi connectivity index (χ2v) is 7.09. The van der Waals surface area contributed by atoms with E-state index in [1.807, 2.05) is 23.6 Å². The maximum Gasteiger partial charge on any atom is 0.417 e. The SMILES string of the molecule is CCC(CC)C(=O)N1CCCN(C(=O)Cc2ccc3oc(=O)[nH]c3c2)CC1.